The van der Waals surface area contributed by atoms with Crippen molar-refractivity contribution in [3.63, 3.8) is 0 Å². The van der Waals surface area contributed by atoms with E-state index >= 15 is 4.79 Å². The number of nitrogens with one attached hydrogen (secondary N) is 2. The van der Waals surface area contributed by atoms with Gasteiger partial charge < -0.3 is 34.7 Å². The number of carbonyl (C=O) groups excluding carboxylic acids is 3. The van der Waals surface area contributed by atoms with E-state index in [1.807, 2.05) is 114 Å². The Balaban J connectivity index is 1.11. The van der Waals surface area contributed by atoms with Gasteiger partial charge in [-0.05, 0) is 70.6 Å². The van der Waals surface area contributed by atoms with Gasteiger partial charge in [-0.15, -0.1) is 0 Å². The van der Waals surface area contributed by atoms with Crippen LogP contribution in [-0.2, 0) is 50.7 Å². The molecule has 10 nitrogen and oxygen atoms in total. The first-order valence-corrected chi connectivity index (χ1v) is 24.2. The van der Waals surface area contributed by atoms with Gasteiger partial charge in [0.05, 0.1) is 59.0 Å². The molecule has 1 fully saturated rings. The average molecular weight is 833 g/mol. The molecule has 4 heterocycles. The van der Waals surface area contributed by atoms with Crippen LogP contribution in [0.1, 0.15) is 41.2 Å². The highest BCUT2D eigenvalue weighted by Crippen LogP contribution is 2.60. The van der Waals surface area contributed by atoms with E-state index in [-0.39, 0.29) is 54.7 Å². The summed E-state index contributed by atoms with van der Waals surface area (Å²) in [6.45, 7) is 7.27. The van der Waals surface area contributed by atoms with Crippen molar-refractivity contribution in [3.05, 3.63) is 155 Å². The number of carbonyl (C=O) groups is 3. The SMILES string of the molecule is COc1ccc([Si](C)(C)[C@H]2[C@H](CC(=O)N3Cc4ccccc4C[C@H]3CO)O[C@@]3(C(=O)N(Cc4ccccc4)c4ccc(NC(=O)Cc5c[nH]c6ccccc56)cc43)[C@@H]2C)cc1. The molecule has 0 bridgehead atoms. The lowest BCUT2D eigenvalue weighted by Crippen LogP contribution is -2.52. The minimum atomic E-state index is -2.59. The number of ether oxygens (including phenoxy) is 2. The fourth-order valence-corrected chi connectivity index (χ4v) is 14.5. The molecule has 5 aromatic carbocycles. The molecule has 0 unspecified atom stereocenters. The molecule has 9 rings (SSSR count). The zero-order valence-electron chi connectivity index (χ0n) is 35.1. The van der Waals surface area contributed by atoms with Gasteiger partial charge in [0.2, 0.25) is 11.8 Å². The van der Waals surface area contributed by atoms with Gasteiger partial charge in [0.1, 0.15) is 5.75 Å². The molecule has 61 heavy (non-hydrogen) atoms. The number of rotatable bonds is 11. The number of aromatic nitrogens is 1. The molecule has 6 aromatic rings. The first-order valence-electron chi connectivity index (χ1n) is 21.2. The smallest absolute Gasteiger partial charge is 0.264 e. The molecule has 1 spiro atoms. The van der Waals surface area contributed by atoms with Crippen molar-refractivity contribution in [2.45, 2.75) is 75.7 Å². The van der Waals surface area contributed by atoms with Gasteiger partial charge in [-0.2, -0.15) is 0 Å². The van der Waals surface area contributed by atoms with Crippen LogP contribution < -0.4 is 20.1 Å². The minimum Gasteiger partial charge on any atom is -0.497 e. The first kappa shape index (κ1) is 40.4. The predicted octanol–water partition coefficient (Wildman–Crippen LogP) is 7.46. The van der Waals surface area contributed by atoms with Crippen LogP contribution in [0.4, 0.5) is 11.4 Å². The van der Waals surface area contributed by atoms with Gasteiger partial charge in [-0.3, -0.25) is 14.4 Å². The molecule has 3 N–H and O–H groups in total. The van der Waals surface area contributed by atoms with Crippen molar-refractivity contribution >= 4 is 53.3 Å². The van der Waals surface area contributed by atoms with Crippen molar-refractivity contribution < 1.29 is 29.0 Å². The number of aliphatic hydroxyl groups excluding tert-OH is 1. The second-order valence-electron chi connectivity index (χ2n) is 17.4. The fourth-order valence-electron chi connectivity index (χ4n) is 10.5. The molecule has 1 aromatic heterocycles. The van der Waals surface area contributed by atoms with E-state index in [0.717, 1.165) is 49.8 Å². The maximum atomic E-state index is 15.5. The Labute approximate surface area is 357 Å². The van der Waals surface area contributed by atoms with E-state index in [0.29, 0.717) is 30.8 Å². The van der Waals surface area contributed by atoms with Crippen molar-refractivity contribution in [1.82, 2.24) is 9.88 Å². The molecule has 5 atom stereocenters. The van der Waals surface area contributed by atoms with Crippen LogP contribution >= 0.6 is 0 Å². The molecule has 0 radical (unpaired) electrons. The molecule has 0 aliphatic carbocycles. The van der Waals surface area contributed by atoms with Gasteiger partial charge in [-0.1, -0.05) is 110 Å². The molecular weight excluding hydrogens is 781 g/mol. The lowest BCUT2D eigenvalue weighted by molar-refractivity contribution is -0.151. The number of amides is 3. The fraction of sp³-hybridized carbons (Fsp3) is 0.300. The standard InChI is InChI=1S/C50H52N4O6Si/c1-32-48(61(3,4)40-21-19-39(59-2)20-22-40)45(27-47(57)53-30-35-15-9-8-14-34(35)24-38(53)31-55)60-50(32)42-26-37(52-46(56)25-36-28-51-43-17-11-10-16-41(36)43)18-23-44(42)54(49(50)58)29-33-12-6-5-7-13-33/h5-23,26,28,32,38,45,48,51,55H,24-25,27,29-31H2,1-4H3,(H,52,56)/t32-,38+,45+,48-,50+/m1/s1. The molecule has 312 valence electrons. The molecule has 11 heteroatoms. The number of H-pyrrole nitrogens is 1. The molecule has 3 aliphatic heterocycles. The number of hydrogen-bond donors (Lipinski definition) is 3. The number of aliphatic hydroxyl groups is 1. The van der Waals surface area contributed by atoms with Gasteiger partial charge in [-0.25, -0.2) is 0 Å². The number of nitrogens with zero attached hydrogens (tertiary/aromatic N) is 2. The van der Waals surface area contributed by atoms with Crippen molar-refractivity contribution in [2.24, 2.45) is 5.92 Å². The topological polar surface area (TPSA) is 124 Å². The largest absolute Gasteiger partial charge is 0.497 e. The summed E-state index contributed by atoms with van der Waals surface area (Å²) in [6.07, 6.45) is 2.02. The third-order valence-electron chi connectivity index (χ3n) is 13.6. The summed E-state index contributed by atoms with van der Waals surface area (Å²) in [7, 11) is -0.941. The number of benzene rings is 5. The maximum absolute atomic E-state index is 15.5. The summed E-state index contributed by atoms with van der Waals surface area (Å²) < 4.78 is 12.9. The minimum absolute atomic E-state index is 0.0460. The monoisotopic (exact) mass is 832 g/mol. The zero-order chi connectivity index (χ0) is 42.5. The Morgan fingerprint density at radius 2 is 1.66 bits per heavy atom. The summed E-state index contributed by atoms with van der Waals surface area (Å²) >= 11 is 0. The Morgan fingerprint density at radius 3 is 2.41 bits per heavy atom. The molecule has 0 saturated carbocycles. The Hall–Kier alpha value is -6.01. The quantitative estimate of drug-likeness (QED) is 0.117. The highest BCUT2D eigenvalue weighted by Gasteiger charge is 2.66. The Bertz CT molecular complexity index is 2610. The van der Waals surface area contributed by atoms with Crippen molar-refractivity contribution in [3.8, 4) is 5.75 Å². The number of hydrogen-bond acceptors (Lipinski definition) is 6. The summed E-state index contributed by atoms with van der Waals surface area (Å²) in [4.78, 5) is 50.8. The van der Waals surface area contributed by atoms with Crippen molar-refractivity contribution in [2.75, 3.05) is 23.9 Å². The van der Waals surface area contributed by atoms with Gasteiger partial charge in [0.15, 0.2) is 5.60 Å². The predicted molar refractivity (Wildman–Crippen MR) is 240 cm³/mol. The normalized spacial score (nSPS) is 22.1. The second kappa shape index (κ2) is 16.1. The second-order valence-corrected chi connectivity index (χ2v) is 22.1. The zero-order valence-corrected chi connectivity index (χ0v) is 36.1. The Kier molecular flexibility index (Phi) is 10.7. The van der Waals surface area contributed by atoms with Gasteiger partial charge in [0, 0.05) is 40.8 Å². The highest BCUT2D eigenvalue weighted by molar-refractivity contribution is 6.91. The van der Waals surface area contributed by atoms with Crippen LogP contribution in [0.3, 0.4) is 0 Å². The number of para-hydroxylation sites is 1. The van der Waals surface area contributed by atoms with E-state index in [4.69, 9.17) is 9.47 Å². The molecule has 1 saturated heterocycles. The van der Waals surface area contributed by atoms with E-state index in [2.05, 4.69) is 48.5 Å². The number of fused-ring (bicyclic) bond motifs is 4. The van der Waals surface area contributed by atoms with Crippen LogP contribution in [0.5, 0.6) is 5.75 Å². The molecular formula is C50H52N4O6Si. The summed E-state index contributed by atoms with van der Waals surface area (Å²) in [6, 6.07) is 39.4. The maximum Gasteiger partial charge on any atom is 0.264 e. The molecule has 3 aliphatic rings. The van der Waals surface area contributed by atoms with Crippen molar-refractivity contribution in [1.29, 1.82) is 0 Å². The lowest BCUT2D eigenvalue weighted by atomic mass is 9.82. The van der Waals surface area contributed by atoms with Crippen LogP contribution in [0.25, 0.3) is 10.9 Å². The van der Waals surface area contributed by atoms with E-state index < -0.39 is 19.8 Å². The molecule has 3 amide bonds. The summed E-state index contributed by atoms with van der Waals surface area (Å²) in [5.74, 6) is -0.0867. The third-order valence-corrected chi connectivity index (χ3v) is 18.0. The van der Waals surface area contributed by atoms with Crippen LogP contribution in [0.2, 0.25) is 18.6 Å². The number of anilines is 2. The van der Waals surface area contributed by atoms with Gasteiger partial charge >= 0.3 is 0 Å². The van der Waals surface area contributed by atoms with Crippen LogP contribution in [0.15, 0.2) is 128 Å². The number of methoxy groups -OCH3 is 1. The highest BCUT2D eigenvalue weighted by atomic mass is 28.3. The van der Waals surface area contributed by atoms with E-state index in [1.165, 1.54) is 0 Å². The number of aromatic amines is 1. The van der Waals surface area contributed by atoms with Gasteiger partial charge in [0.25, 0.3) is 5.91 Å². The Morgan fingerprint density at radius 1 is 0.934 bits per heavy atom. The van der Waals surface area contributed by atoms with E-state index in [9.17, 15) is 14.7 Å². The van der Waals surface area contributed by atoms with E-state index in [1.54, 1.807) is 12.0 Å². The summed E-state index contributed by atoms with van der Waals surface area (Å²) in [5, 5.41) is 15.9. The third kappa shape index (κ3) is 7.14. The first-order chi connectivity index (χ1) is 29.5. The van der Waals surface area contributed by atoms with Crippen LogP contribution in [0, 0.1) is 5.92 Å². The van der Waals surface area contributed by atoms with Crippen LogP contribution in [-0.4, -0.2) is 66.6 Å². The summed E-state index contributed by atoms with van der Waals surface area (Å²) in [5.41, 5.74) is 5.37. The average Bonchev–Trinajstić information content (AvgIpc) is 3.89. The lowest BCUT2D eigenvalue weighted by Gasteiger charge is -2.39.